The lowest BCUT2D eigenvalue weighted by Gasteiger charge is -2.17. The summed E-state index contributed by atoms with van der Waals surface area (Å²) in [5, 5.41) is 22.2. The fraction of sp³-hybridized carbons (Fsp3) is 0.357. The van der Waals surface area contributed by atoms with Crippen molar-refractivity contribution in [3.8, 4) is 0 Å². The van der Waals surface area contributed by atoms with Crippen LogP contribution in [0.2, 0.25) is 0 Å². The summed E-state index contributed by atoms with van der Waals surface area (Å²) in [4.78, 5) is 34.1. The molecule has 2 rings (SSSR count). The fourth-order valence-electron chi connectivity index (χ4n) is 2.07. The normalized spacial score (nSPS) is 16.1. The van der Waals surface area contributed by atoms with Crippen LogP contribution >= 0.6 is 0 Å². The van der Waals surface area contributed by atoms with E-state index in [1.165, 1.54) is 18.2 Å². The van der Waals surface area contributed by atoms with Gasteiger partial charge in [-0.3, -0.25) is 14.4 Å². The highest BCUT2D eigenvalue weighted by Gasteiger charge is 2.30. The van der Waals surface area contributed by atoms with Gasteiger partial charge in [0, 0.05) is 0 Å². The lowest BCUT2D eigenvalue weighted by molar-refractivity contribution is -0.147. The Labute approximate surface area is 120 Å². The highest BCUT2D eigenvalue weighted by atomic mass is 16.5. The van der Waals surface area contributed by atoms with Gasteiger partial charge in [-0.25, -0.2) is 0 Å². The van der Waals surface area contributed by atoms with E-state index in [0.29, 0.717) is 5.69 Å². The van der Waals surface area contributed by atoms with Crippen molar-refractivity contribution in [3.63, 3.8) is 0 Å². The Morgan fingerprint density at radius 2 is 2.05 bits per heavy atom. The Morgan fingerprint density at radius 3 is 2.71 bits per heavy atom. The molecule has 2 atom stereocenters. The number of hydrogen-bond donors (Lipinski definition) is 3. The molecule has 7 heteroatoms. The summed E-state index contributed by atoms with van der Waals surface area (Å²) in [6, 6.07) is 4.26. The van der Waals surface area contributed by atoms with Crippen molar-refractivity contribution in [2.24, 2.45) is 0 Å². The zero-order chi connectivity index (χ0) is 15.6. The van der Waals surface area contributed by atoms with Crippen molar-refractivity contribution in [1.29, 1.82) is 0 Å². The Hall–Kier alpha value is -2.25. The van der Waals surface area contributed by atoms with E-state index in [1.54, 1.807) is 6.92 Å². The molecule has 1 aliphatic rings. The minimum Gasteiger partial charge on any atom is -0.466 e. The number of hydrogen-bond acceptors (Lipinski definition) is 6. The van der Waals surface area contributed by atoms with Crippen LogP contribution in [0, 0.1) is 0 Å². The number of Topliss-reactive ketones (excluding diaryl/α,β-unsaturated/α-hetero) is 1. The van der Waals surface area contributed by atoms with Crippen molar-refractivity contribution < 1.29 is 29.3 Å². The number of carbonyl (C=O) groups is 3. The number of benzene rings is 1. The molecule has 112 valence electrons. The topological polar surface area (TPSA) is 113 Å². The van der Waals surface area contributed by atoms with Crippen LogP contribution < -0.4 is 5.32 Å². The summed E-state index contributed by atoms with van der Waals surface area (Å²) >= 11 is 0. The molecule has 7 nitrogen and oxygen atoms in total. The summed E-state index contributed by atoms with van der Waals surface area (Å²) in [7, 11) is 0. The van der Waals surface area contributed by atoms with E-state index < -0.39 is 29.9 Å². The summed E-state index contributed by atoms with van der Waals surface area (Å²) < 4.78 is 4.68. The van der Waals surface area contributed by atoms with Gasteiger partial charge in [0.2, 0.25) is 0 Å². The van der Waals surface area contributed by atoms with E-state index in [4.69, 9.17) is 0 Å². The largest absolute Gasteiger partial charge is 0.466 e. The number of ether oxygens (including phenoxy) is 1. The SMILES string of the molecule is CCOC(=O)CC(O)C(O)c1ccc2c(c1)C(=O)C(=O)N2. The third-order valence-corrected chi connectivity index (χ3v) is 3.13. The molecule has 0 radical (unpaired) electrons. The third-order valence-electron chi connectivity index (χ3n) is 3.13. The van der Waals surface area contributed by atoms with Gasteiger partial charge in [-0.1, -0.05) is 6.07 Å². The van der Waals surface area contributed by atoms with Crippen LogP contribution in [0.15, 0.2) is 18.2 Å². The van der Waals surface area contributed by atoms with Crippen LogP contribution in [0.5, 0.6) is 0 Å². The summed E-state index contributed by atoms with van der Waals surface area (Å²) in [6.07, 6.45) is -3.08. The van der Waals surface area contributed by atoms with E-state index in [-0.39, 0.29) is 24.2 Å². The maximum atomic E-state index is 11.6. The number of rotatable bonds is 5. The molecule has 1 aromatic rings. The van der Waals surface area contributed by atoms with E-state index in [1.807, 2.05) is 0 Å². The highest BCUT2D eigenvalue weighted by Crippen LogP contribution is 2.28. The molecule has 0 spiro atoms. The second-order valence-electron chi connectivity index (χ2n) is 4.61. The molecule has 0 fully saturated rings. The Morgan fingerprint density at radius 1 is 1.33 bits per heavy atom. The lowest BCUT2D eigenvalue weighted by Crippen LogP contribution is -2.23. The summed E-state index contributed by atoms with van der Waals surface area (Å²) in [6.45, 7) is 1.82. The predicted molar refractivity (Wildman–Crippen MR) is 71.6 cm³/mol. The first kappa shape index (κ1) is 15.1. The molecule has 2 unspecified atom stereocenters. The average molecular weight is 293 g/mol. The minimum absolute atomic E-state index is 0.139. The van der Waals surface area contributed by atoms with E-state index >= 15 is 0 Å². The smallest absolute Gasteiger partial charge is 0.308 e. The number of ketones is 1. The quantitative estimate of drug-likeness (QED) is 0.527. The molecule has 1 aromatic carbocycles. The Kier molecular flexibility index (Phi) is 4.35. The molecule has 0 aliphatic carbocycles. The number of fused-ring (bicyclic) bond motifs is 1. The second kappa shape index (κ2) is 6.02. The lowest BCUT2D eigenvalue weighted by atomic mass is 9.99. The van der Waals surface area contributed by atoms with Crippen molar-refractivity contribution >= 4 is 23.3 Å². The predicted octanol–water partition coefficient (Wildman–Crippen LogP) is 0.169. The molecular formula is C14H15NO6. The van der Waals surface area contributed by atoms with Crippen LogP contribution in [0.1, 0.15) is 35.4 Å². The molecule has 1 aliphatic heterocycles. The van der Waals surface area contributed by atoms with Crippen molar-refractivity contribution in [2.45, 2.75) is 25.6 Å². The van der Waals surface area contributed by atoms with Gasteiger partial charge in [0.15, 0.2) is 0 Å². The number of carbonyl (C=O) groups excluding carboxylic acids is 3. The molecule has 0 aromatic heterocycles. The molecule has 0 bridgehead atoms. The number of nitrogens with one attached hydrogen (secondary N) is 1. The Bertz CT molecular complexity index is 597. The van der Waals surface area contributed by atoms with E-state index in [0.717, 1.165) is 0 Å². The monoisotopic (exact) mass is 293 g/mol. The second-order valence-corrected chi connectivity index (χ2v) is 4.61. The van der Waals surface area contributed by atoms with Gasteiger partial charge in [-0.2, -0.15) is 0 Å². The minimum atomic E-state index is -1.36. The first-order valence-corrected chi connectivity index (χ1v) is 6.45. The van der Waals surface area contributed by atoms with Crippen LogP contribution in [0.4, 0.5) is 5.69 Å². The van der Waals surface area contributed by atoms with Gasteiger partial charge in [0.1, 0.15) is 6.10 Å². The van der Waals surface area contributed by atoms with E-state index in [9.17, 15) is 24.6 Å². The molecule has 0 saturated carbocycles. The molecule has 3 N–H and O–H groups in total. The first-order valence-electron chi connectivity index (χ1n) is 6.45. The Balaban J connectivity index is 2.14. The zero-order valence-corrected chi connectivity index (χ0v) is 11.3. The molecule has 21 heavy (non-hydrogen) atoms. The van der Waals surface area contributed by atoms with Crippen LogP contribution in [-0.4, -0.2) is 40.6 Å². The summed E-state index contributed by atoms with van der Waals surface area (Å²) in [5.74, 6) is -2.05. The van der Waals surface area contributed by atoms with Gasteiger partial charge < -0.3 is 20.3 Å². The number of amides is 1. The van der Waals surface area contributed by atoms with Gasteiger partial charge in [0.25, 0.3) is 11.7 Å². The van der Waals surface area contributed by atoms with Gasteiger partial charge >= 0.3 is 5.97 Å². The highest BCUT2D eigenvalue weighted by molar-refractivity contribution is 6.51. The maximum absolute atomic E-state index is 11.6. The molecule has 1 heterocycles. The van der Waals surface area contributed by atoms with Crippen molar-refractivity contribution in [3.05, 3.63) is 29.3 Å². The number of esters is 1. The average Bonchev–Trinajstić information content (AvgIpc) is 2.73. The molecular weight excluding hydrogens is 278 g/mol. The summed E-state index contributed by atoms with van der Waals surface area (Å²) in [5.41, 5.74) is 0.746. The van der Waals surface area contributed by atoms with Gasteiger partial charge in [-0.15, -0.1) is 0 Å². The van der Waals surface area contributed by atoms with Crippen molar-refractivity contribution in [2.75, 3.05) is 11.9 Å². The van der Waals surface area contributed by atoms with Crippen LogP contribution in [0.3, 0.4) is 0 Å². The zero-order valence-electron chi connectivity index (χ0n) is 11.3. The number of aliphatic hydroxyl groups excluding tert-OH is 2. The van der Waals surface area contributed by atoms with Gasteiger partial charge in [0.05, 0.1) is 30.4 Å². The standard InChI is InChI=1S/C14H15NO6/c1-2-21-11(17)6-10(16)12(18)7-3-4-9-8(5-7)13(19)14(20)15-9/h3-5,10,12,16,18H,2,6H2,1H3,(H,15,19,20). The van der Waals surface area contributed by atoms with Crippen molar-refractivity contribution in [1.82, 2.24) is 0 Å². The van der Waals surface area contributed by atoms with E-state index in [2.05, 4.69) is 10.1 Å². The third kappa shape index (κ3) is 3.09. The van der Waals surface area contributed by atoms with Crippen LogP contribution in [-0.2, 0) is 14.3 Å². The maximum Gasteiger partial charge on any atom is 0.308 e. The first-order chi connectivity index (χ1) is 9.93. The van der Waals surface area contributed by atoms with Crippen LogP contribution in [0.25, 0.3) is 0 Å². The van der Waals surface area contributed by atoms with Gasteiger partial charge in [-0.05, 0) is 24.6 Å². The molecule has 1 amide bonds. The molecule has 0 saturated heterocycles. The fourth-order valence-corrected chi connectivity index (χ4v) is 2.07. The number of aliphatic hydroxyl groups is 2. The number of anilines is 1.